The molecule has 0 unspecified atom stereocenters. The molecule has 0 saturated heterocycles. The summed E-state index contributed by atoms with van der Waals surface area (Å²) in [4.78, 5) is 23.7. The number of carbonyl (C=O) groups excluding carboxylic acids is 2. The lowest BCUT2D eigenvalue weighted by Gasteiger charge is -2.13. The Morgan fingerprint density at radius 3 is 2.24 bits per heavy atom. The van der Waals surface area contributed by atoms with Gasteiger partial charge in [-0.25, -0.2) is 8.42 Å². The van der Waals surface area contributed by atoms with Gasteiger partial charge in [-0.15, -0.1) is 0 Å². The summed E-state index contributed by atoms with van der Waals surface area (Å²) in [6.45, 7) is 4.09. The van der Waals surface area contributed by atoms with Gasteiger partial charge in [0.05, 0.1) is 4.90 Å². The highest BCUT2D eigenvalue weighted by Gasteiger charge is 2.16. The van der Waals surface area contributed by atoms with Crippen LogP contribution in [-0.2, 0) is 14.6 Å². The Morgan fingerprint density at radius 1 is 1.19 bits per heavy atom. The van der Waals surface area contributed by atoms with Crippen molar-refractivity contribution in [1.82, 2.24) is 10.6 Å². The van der Waals surface area contributed by atoms with Gasteiger partial charge in [0.25, 0.3) is 5.91 Å². The molecule has 0 spiro atoms. The topological polar surface area (TPSA) is 92.3 Å². The monoisotopic (exact) mass is 312 g/mol. The number of sulfone groups is 1. The van der Waals surface area contributed by atoms with Crippen molar-refractivity contribution in [3.05, 3.63) is 29.8 Å². The van der Waals surface area contributed by atoms with Crippen LogP contribution < -0.4 is 10.6 Å². The molecule has 116 valence electrons. The summed E-state index contributed by atoms with van der Waals surface area (Å²) in [6.07, 6.45) is 1.92. The summed E-state index contributed by atoms with van der Waals surface area (Å²) in [7, 11) is -3.29. The largest absolute Gasteiger partial charge is 0.354 e. The fraction of sp³-hybridized carbons (Fsp3) is 0.429. The second-order valence-electron chi connectivity index (χ2n) is 4.78. The van der Waals surface area contributed by atoms with Gasteiger partial charge < -0.3 is 10.6 Å². The molecule has 0 fully saturated rings. The lowest BCUT2D eigenvalue weighted by molar-refractivity contribution is -0.122. The molecule has 6 nitrogen and oxygen atoms in total. The van der Waals surface area contributed by atoms with Crippen LogP contribution in [0.3, 0.4) is 0 Å². The summed E-state index contributed by atoms with van der Waals surface area (Å²) in [6, 6.07) is 4.92. The molecule has 1 atom stereocenters. The van der Waals surface area contributed by atoms with E-state index >= 15 is 0 Å². The summed E-state index contributed by atoms with van der Waals surface area (Å²) in [5.41, 5.74) is 0.303. The molecule has 0 radical (unpaired) electrons. The number of rotatable bonds is 6. The zero-order valence-corrected chi connectivity index (χ0v) is 13.2. The molecule has 0 aliphatic heterocycles. The average Bonchev–Trinajstić information content (AvgIpc) is 2.43. The van der Waals surface area contributed by atoms with Gasteiger partial charge in [0.1, 0.15) is 6.04 Å². The van der Waals surface area contributed by atoms with Crippen LogP contribution >= 0.6 is 0 Å². The first-order valence-electron chi connectivity index (χ1n) is 6.64. The van der Waals surface area contributed by atoms with E-state index in [1.54, 1.807) is 6.92 Å². The van der Waals surface area contributed by atoms with E-state index in [4.69, 9.17) is 0 Å². The Bertz CT molecular complexity index is 608. The van der Waals surface area contributed by atoms with Crippen molar-refractivity contribution in [3.63, 3.8) is 0 Å². The van der Waals surface area contributed by atoms with Gasteiger partial charge in [-0.05, 0) is 37.6 Å². The zero-order chi connectivity index (χ0) is 16.0. The molecule has 0 aromatic heterocycles. The standard InChI is InChI=1S/C14H20N2O4S/c1-4-9-15-13(17)10(2)16-14(18)11-5-7-12(8-6-11)21(3,19)20/h5-8,10H,4,9H2,1-3H3,(H,15,17)(H,16,18)/t10-/m0/s1. The van der Waals surface area contributed by atoms with Crippen molar-refractivity contribution in [3.8, 4) is 0 Å². The average molecular weight is 312 g/mol. The van der Waals surface area contributed by atoms with E-state index in [0.717, 1.165) is 12.7 Å². The second-order valence-corrected chi connectivity index (χ2v) is 6.80. The maximum atomic E-state index is 12.0. The summed E-state index contributed by atoms with van der Waals surface area (Å²) >= 11 is 0. The lowest BCUT2D eigenvalue weighted by Crippen LogP contribution is -2.45. The van der Waals surface area contributed by atoms with E-state index in [9.17, 15) is 18.0 Å². The fourth-order valence-electron chi connectivity index (χ4n) is 1.60. The molecule has 2 N–H and O–H groups in total. The van der Waals surface area contributed by atoms with Crippen LogP contribution in [0.2, 0.25) is 0 Å². The Hall–Kier alpha value is -1.89. The molecular weight excluding hydrogens is 292 g/mol. The van der Waals surface area contributed by atoms with Gasteiger partial charge in [-0.1, -0.05) is 6.92 Å². The summed E-state index contributed by atoms with van der Waals surface area (Å²) < 4.78 is 22.7. The third-order valence-electron chi connectivity index (χ3n) is 2.83. The van der Waals surface area contributed by atoms with Crippen LogP contribution in [0.25, 0.3) is 0 Å². The van der Waals surface area contributed by atoms with Crippen LogP contribution in [0.1, 0.15) is 30.6 Å². The van der Waals surface area contributed by atoms with Crippen LogP contribution in [0.5, 0.6) is 0 Å². The van der Waals surface area contributed by atoms with Crippen molar-refractivity contribution >= 4 is 21.7 Å². The molecule has 21 heavy (non-hydrogen) atoms. The normalized spacial score (nSPS) is 12.5. The van der Waals surface area contributed by atoms with E-state index in [2.05, 4.69) is 10.6 Å². The van der Waals surface area contributed by atoms with Gasteiger partial charge in [-0.2, -0.15) is 0 Å². The van der Waals surface area contributed by atoms with Crippen molar-refractivity contribution in [2.24, 2.45) is 0 Å². The van der Waals surface area contributed by atoms with Crippen molar-refractivity contribution < 1.29 is 18.0 Å². The molecule has 0 saturated carbocycles. The van der Waals surface area contributed by atoms with E-state index in [0.29, 0.717) is 12.1 Å². The van der Waals surface area contributed by atoms with E-state index in [-0.39, 0.29) is 10.8 Å². The molecule has 1 aromatic rings. The van der Waals surface area contributed by atoms with Crippen molar-refractivity contribution in [2.45, 2.75) is 31.2 Å². The predicted octanol–water partition coefficient (Wildman–Crippen LogP) is 0.735. The number of nitrogens with one attached hydrogen (secondary N) is 2. The van der Waals surface area contributed by atoms with Crippen LogP contribution in [0.15, 0.2) is 29.2 Å². The van der Waals surface area contributed by atoms with Crippen molar-refractivity contribution in [1.29, 1.82) is 0 Å². The molecular formula is C14H20N2O4S. The minimum Gasteiger partial charge on any atom is -0.354 e. The van der Waals surface area contributed by atoms with Crippen molar-refractivity contribution in [2.75, 3.05) is 12.8 Å². The van der Waals surface area contributed by atoms with E-state index in [1.165, 1.54) is 24.3 Å². The van der Waals surface area contributed by atoms with Gasteiger partial charge >= 0.3 is 0 Å². The molecule has 0 aliphatic carbocycles. The molecule has 0 heterocycles. The molecule has 7 heteroatoms. The molecule has 2 amide bonds. The highest BCUT2D eigenvalue weighted by Crippen LogP contribution is 2.10. The molecule has 0 aliphatic rings. The Labute approximate surface area is 124 Å². The predicted molar refractivity (Wildman–Crippen MR) is 79.8 cm³/mol. The summed E-state index contributed by atoms with van der Waals surface area (Å²) in [5, 5.41) is 5.25. The Morgan fingerprint density at radius 2 is 1.76 bits per heavy atom. The first kappa shape index (κ1) is 17.2. The van der Waals surface area contributed by atoms with Crippen LogP contribution in [0, 0.1) is 0 Å². The Kier molecular flexibility index (Phi) is 5.90. The number of amides is 2. The quantitative estimate of drug-likeness (QED) is 0.810. The lowest BCUT2D eigenvalue weighted by atomic mass is 10.2. The number of hydrogen-bond acceptors (Lipinski definition) is 4. The van der Waals surface area contributed by atoms with E-state index in [1.807, 2.05) is 6.92 Å². The van der Waals surface area contributed by atoms with Gasteiger partial charge in [-0.3, -0.25) is 9.59 Å². The third-order valence-corrected chi connectivity index (χ3v) is 3.96. The number of hydrogen-bond donors (Lipinski definition) is 2. The third kappa shape index (κ3) is 5.18. The second kappa shape index (κ2) is 7.21. The van der Waals surface area contributed by atoms with Crippen LogP contribution in [-0.4, -0.2) is 39.1 Å². The van der Waals surface area contributed by atoms with Crippen LogP contribution in [0.4, 0.5) is 0 Å². The first-order valence-corrected chi connectivity index (χ1v) is 8.53. The smallest absolute Gasteiger partial charge is 0.251 e. The minimum absolute atomic E-state index is 0.146. The highest BCUT2D eigenvalue weighted by atomic mass is 32.2. The maximum absolute atomic E-state index is 12.0. The van der Waals surface area contributed by atoms with E-state index < -0.39 is 21.8 Å². The fourth-order valence-corrected chi connectivity index (χ4v) is 2.23. The molecule has 1 rings (SSSR count). The summed E-state index contributed by atoms with van der Waals surface area (Å²) in [5.74, 6) is -0.674. The van der Waals surface area contributed by atoms with Gasteiger partial charge in [0, 0.05) is 18.4 Å². The SMILES string of the molecule is CCCNC(=O)[C@H](C)NC(=O)c1ccc(S(C)(=O)=O)cc1. The van der Waals surface area contributed by atoms with Gasteiger partial charge in [0.2, 0.25) is 5.91 Å². The number of benzene rings is 1. The number of carbonyl (C=O) groups is 2. The maximum Gasteiger partial charge on any atom is 0.251 e. The molecule has 0 bridgehead atoms. The zero-order valence-electron chi connectivity index (χ0n) is 12.3. The highest BCUT2D eigenvalue weighted by molar-refractivity contribution is 7.90. The minimum atomic E-state index is -3.29. The van der Waals surface area contributed by atoms with Gasteiger partial charge in [0.15, 0.2) is 9.84 Å². The Balaban J connectivity index is 2.70. The first-order chi connectivity index (χ1) is 9.75. The molecule has 1 aromatic carbocycles.